The van der Waals surface area contributed by atoms with Gasteiger partial charge >= 0.3 is 0 Å². The summed E-state index contributed by atoms with van der Waals surface area (Å²) in [6.07, 6.45) is 7.83. The summed E-state index contributed by atoms with van der Waals surface area (Å²) in [5.74, 6) is 0.941. The molecule has 0 bridgehead atoms. The molecule has 5 heteroatoms. The van der Waals surface area contributed by atoms with Crippen LogP contribution in [0.2, 0.25) is 0 Å². The quantitative estimate of drug-likeness (QED) is 0.850. The molecule has 0 aliphatic carbocycles. The second kappa shape index (κ2) is 5.14. The van der Waals surface area contributed by atoms with Crippen LogP contribution in [-0.2, 0) is 13.6 Å². The molecule has 1 unspecified atom stereocenters. The molecule has 2 rings (SSSR count). The van der Waals surface area contributed by atoms with Crippen molar-refractivity contribution in [3.8, 4) is 0 Å². The van der Waals surface area contributed by atoms with Crippen molar-refractivity contribution in [2.75, 3.05) is 0 Å². The average molecular weight is 233 g/mol. The smallest absolute Gasteiger partial charge is 0.146 e. The van der Waals surface area contributed by atoms with E-state index in [1.54, 1.807) is 11.0 Å². The second-order valence-electron chi connectivity index (χ2n) is 4.31. The Balaban J connectivity index is 2.06. The lowest BCUT2D eigenvalue weighted by atomic mass is 10.1. The van der Waals surface area contributed by atoms with Crippen LogP contribution in [0.25, 0.3) is 0 Å². The third-order valence-corrected chi connectivity index (χ3v) is 2.93. The number of nitrogens with two attached hydrogens (primary N) is 1. The highest BCUT2D eigenvalue weighted by atomic mass is 15.3. The number of rotatable bonds is 5. The van der Waals surface area contributed by atoms with Gasteiger partial charge in [0.25, 0.3) is 0 Å². The van der Waals surface area contributed by atoms with Crippen LogP contribution < -0.4 is 5.73 Å². The molecule has 0 aliphatic heterocycles. The number of hydrogen-bond acceptors (Lipinski definition) is 3. The van der Waals surface area contributed by atoms with E-state index in [9.17, 15) is 0 Å². The maximum Gasteiger partial charge on any atom is 0.146 e. The summed E-state index contributed by atoms with van der Waals surface area (Å²) in [7, 11) is 1.90. The van der Waals surface area contributed by atoms with Crippen LogP contribution in [0.1, 0.15) is 37.2 Å². The largest absolute Gasteiger partial charge is 0.346 e. The first-order chi connectivity index (χ1) is 8.20. The highest BCUT2D eigenvalue weighted by Gasteiger charge is 2.07. The molecule has 0 spiro atoms. The van der Waals surface area contributed by atoms with Crippen molar-refractivity contribution in [3.05, 3.63) is 36.2 Å². The molecule has 0 radical (unpaired) electrons. The van der Waals surface area contributed by atoms with Crippen LogP contribution in [0.5, 0.6) is 0 Å². The lowest BCUT2D eigenvalue weighted by molar-refractivity contribution is 0.629. The Hall–Kier alpha value is -1.62. The van der Waals surface area contributed by atoms with E-state index in [-0.39, 0.29) is 6.04 Å². The molecule has 17 heavy (non-hydrogen) atoms. The highest BCUT2D eigenvalue weighted by molar-refractivity contribution is 5.15. The summed E-state index contributed by atoms with van der Waals surface area (Å²) in [5, 5.41) is 4.05. The maximum atomic E-state index is 6.08. The molecule has 0 saturated carbocycles. The van der Waals surface area contributed by atoms with Gasteiger partial charge in [-0.2, -0.15) is 5.10 Å². The van der Waals surface area contributed by atoms with Crippen molar-refractivity contribution in [3.63, 3.8) is 0 Å². The van der Waals surface area contributed by atoms with Gasteiger partial charge in [-0.1, -0.05) is 13.3 Å². The monoisotopic (exact) mass is 233 g/mol. The zero-order valence-corrected chi connectivity index (χ0v) is 10.4. The molecule has 0 amide bonds. The zero-order chi connectivity index (χ0) is 12.3. The van der Waals surface area contributed by atoms with Crippen molar-refractivity contribution in [2.45, 2.75) is 32.4 Å². The fraction of sp³-hybridized carbons (Fsp3) is 0.500. The number of nitrogens with zero attached hydrogens (tertiary/aromatic N) is 4. The van der Waals surface area contributed by atoms with Gasteiger partial charge in [-0.05, 0) is 18.1 Å². The molecule has 2 aromatic rings. The number of aromatic nitrogens is 4. The molecule has 5 nitrogen and oxygen atoms in total. The van der Waals surface area contributed by atoms with Crippen molar-refractivity contribution in [1.82, 2.24) is 19.3 Å². The molecular weight excluding hydrogens is 214 g/mol. The van der Waals surface area contributed by atoms with Crippen LogP contribution in [0.3, 0.4) is 0 Å². The molecule has 0 fully saturated rings. The SMILES string of the molecule is CCCC(N)c1ccn(Cc2ncnn2C)c1. The summed E-state index contributed by atoms with van der Waals surface area (Å²) < 4.78 is 3.88. The summed E-state index contributed by atoms with van der Waals surface area (Å²) >= 11 is 0. The van der Waals surface area contributed by atoms with Crippen molar-refractivity contribution >= 4 is 0 Å². The van der Waals surface area contributed by atoms with Gasteiger partial charge in [0.05, 0.1) is 6.54 Å². The molecular formula is C12H19N5. The minimum absolute atomic E-state index is 0.140. The minimum Gasteiger partial charge on any atom is -0.346 e. The van der Waals surface area contributed by atoms with Crippen molar-refractivity contribution in [2.24, 2.45) is 12.8 Å². The summed E-state index contributed by atoms with van der Waals surface area (Å²) in [6, 6.07) is 2.22. The lowest BCUT2D eigenvalue weighted by Gasteiger charge is -2.07. The zero-order valence-electron chi connectivity index (χ0n) is 10.4. The Labute approximate surface area is 101 Å². The lowest BCUT2D eigenvalue weighted by Crippen LogP contribution is -2.09. The first kappa shape index (κ1) is 11.9. The van der Waals surface area contributed by atoms with E-state index in [0.29, 0.717) is 0 Å². The van der Waals surface area contributed by atoms with Gasteiger partial charge in [-0.15, -0.1) is 0 Å². The van der Waals surface area contributed by atoms with Crippen molar-refractivity contribution in [1.29, 1.82) is 0 Å². The van der Waals surface area contributed by atoms with Crippen LogP contribution in [0.4, 0.5) is 0 Å². The molecule has 1 atom stereocenters. The molecule has 2 N–H and O–H groups in total. The summed E-state index contributed by atoms with van der Waals surface area (Å²) in [5.41, 5.74) is 7.26. The maximum absolute atomic E-state index is 6.08. The second-order valence-corrected chi connectivity index (χ2v) is 4.31. The van der Waals surface area contributed by atoms with E-state index >= 15 is 0 Å². The van der Waals surface area contributed by atoms with E-state index < -0.39 is 0 Å². The van der Waals surface area contributed by atoms with E-state index in [1.165, 1.54) is 5.56 Å². The van der Waals surface area contributed by atoms with Crippen LogP contribution >= 0.6 is 0 Å². The molecule has 2 heterocycles. The van der Waals surface area contributed by atoms with Gasteiger partial charge in [-0.25, -0.2) is 4.98 Å². The van der Waals surface area contributed by atoms with E-state index in [0.717, 1.165) is 25.2 Å². The molecule has 2 aromatic heterocycles. The van der Waals surface area contributed by atoms with Crippen LogP contribution in [-0.4, -0.2) is 19.3 Å². The Bertz CT molecular complexity index is 471. The van der Waals surface area contributed by atoms with E-state index in [1.807, 2.05) is 13.2 Å². The fourth-order valence-corrected chi connectivity index (χ4v) is 1.88. The fourth-order valence-electron chi connectivity index (χ4n) is 1.88. The normalized spacial score (nSPS) is 12.9. The first-order valence-electron chi connectivity index (χ1n) is 5.95. The van der Waals surface area contributed by atoms with E-state index in [2.05, 4.69) is 33.8 Å². The Morgan fingerprint density at radius 1 is 1.47 bits per heavy atom. The number of hydrogen-bond donors (Lipinski definition) is 1. The van der Waals surface area contributed by atoms with Crippen molar-refractivity contribution < 1.29 is 0 Å². The molecule has 0 aliphatic rings. The third-order valence-electron chi connectivity index (χ3n) is 2.93. The van der Waals surface area contributed by atoms with Gasteiger partial charge in [0, 0.05) is 25.5 Å². The molecule has 0 saturated heterocycles. The van der Waals surface area contributed by atoms with E-state index in [4.69, 9.17) is 5.73 Å². The number of aryl methyl sites for hydroxylation is 1. The standard InChI is InChI=1S/C12H19N5/c1-3-4-11(13)10-5-6-17(7-10)8-12-14-9-15-16(12)2/h5-7,9,11H,3-4,8,13H2,1-2H3. The van der Waals surface area contributed by atoms with Gasteiger partial charge < -0.3 is 10.3 Å². The summed E-state index contributed by atoms with van der Waals surface area (Å²) in [6.45, 7) is 2.88. The Kier molecular flexibility index (Phi) is 3.58. The first-order valence-corrected chi connectivity index (χ1v) is 5.95. The van der Waals surface area contributed by atoms with Gasteiger partial charge in [0.15, 0.2) is 0 Å². The van der Waals surface area contributed by atoms with Crippen LogP contribution in [0, 0.1) is 0 Å². The predicted octanol–water partition coefficient (Wildman–Crippen LogP) is 1.46. The predicted molar refractivity (Wildman–Crippen MR) is 66.4 cm³/mol. The van der Waals surface area contributed by atoms with Gasteiger partial charge in [0.1, 0.15) is 12.2 Å². The molecule has 92 valence electrons. The highest BCUT2D eigenvalue weighted by Crippen LogP contribution is 2.16. The average Bonchev–Trinajstić information content (AvgIpc) is 2.90. The minimum atomic E-state index is 0.140. The topological polar surface area (TPSA) is 61.7 Å². The Morgan fingerprint density at radius 2 is 2.29 bits per heavy atom. The third kappa shape index (κ3) is 2.74. The van der Waals surface area contributed by atoms with Gasteiger partial charge in [-0.3, -0.25) is 4.68 Å². The van der Waals surface area contributed by atoms with Crippen LogP contribution in [0.15, 0.2) is 24.8 Å². The van der Waals surface area contributed by atoms with Gasteiger partial charge in [0.2, 0.25) is 0 Å². The molecule has 0 aromatic carbocycles. The Morgan fingerprint density at radius 3 is 2.94 bits per heavy atom. The summed E-state index contributed by atoms with van der Waals surface area (Å²) in [4.78, 5) is 4.20.